The standard InChI is InChI=1S/C15H19N5O/c1-21-15-5-4-12(10-17-15)9-16-13-8-14(19-11-18-13)20-6-2-3-7-20/h4-5,8,10-11H,2-3,6-7,9H2,1H3,(H,16,18,19). The predicted octanol–water partition coefficient (Wildman–Crippen LogP) is 2.09. The number of nitrogens with one attached hydrogen (secondary N) is 1. The van der Waals surface area contributed by atoms with Crippen molar-refractivity contribution in [2.24, 2.45) is 0 Å². The molecule has 3 rings (SSSR count). The van der Waals surface area contributed by atoms with Crippen LogP contribution in [0.1, 0.15) is 18.4 Å². The molecule has 3 heterocycles. The van der Waals surface area contributed by atoms with E-state index in [2.05, 4.69) is 25.2 Å². The van der Waals surface area contributed by atoms with Gasteiger partial charge in [0.15, 0.2) is 0 Å². The van der Waals surface area contributed by atoms with E-state index in [0.717, 1.165) is 30.3 Å². The highest BCUT2D eigenvalue weighted by atomic mass is 16.5. The Morgan fingerprint density at radius 1 is 1.19 bits per heavy atom. The second-order valence-corrected chi connectivity index (χ2v) is 5.02. The minimum absolute atomic E-state index is 0.622. The summed E-state index contributed by atoms with van der Waals surface area (Å²) in [6.45, 7) is 2.84. The van der Waals surface area contributed by atoms with Crippen molar-refractivity contribution in [2.75, 3.05) is 30.4 Å². The lowest BCUT2D eigenvalue weighted by Gasteiger charge is -2.16. The molecule has 2 aromatic heterocycles. The zero-order chi connectivity index (χ0) is 14.5. The van der Waals surface area contributed by atoms with Gasteiger partial charge in [0.05, 0.1) is 7.11 Å². The van der Waals surface area contributed by atoms with Crippen LogP contribution in [0.4, 0.5) is 11.6 Å². The second kappa shape index (κ2) is 6.39. The van der Waals surface area contributed by atoms with Crippen LogP contribution in [-0.2, 0) is 6.54 Å². The fraction of sp³-hybridized carbons (Fsp3) is 0.400. The van der Waals surface area contributed by atoms with Crippen LogP contribution in [-0.4, -0.2) is 35.2 Å². The van der Waals surface area contributed by atoms with Gasteiger partial charge in [0.2, 0.25) is 5.88 Å². The van der Waals surface area contributed by atoms with Crippen molar-refractivity contribution in [1.82, 2.24) is 15.0 Å². The van der Waals surface area contributed by atoms with Crippen LogP contribution in [0.15, 0.2) is 30.7 Å². The van der Waals surface area contributed by atoms with Gasteiger partial charge in [-0.15, -0.1) is 0 Å². The van der Waals surface area contributed by atoms with Crippen molar-refractivity contribution < 1.29 is 4.74 Å². The van der Waals surface area contributed by atoms with Crippen molar-refractivity contribution in [3.8, 4) is 5.88 Å². The van der Waals surface area contributed by atoms with Gasteiger partial charge in [-0.05, 0) is 18.4 Å². The largest absolute Gasteiger partial charge is 0.481 e. The van der Waals surface area contributed by atoms with Crippen LogP contribution < -0.4 is 15.0 Å². The van der Waals surface area contributed by atoms with Gasteiger partial charge in [-0.1, -0.05) is 6.07 Å². The van der Waals surface area contributed by atoms with Crippen LogP contribution in [0.25, 0.3) is 0 Å². The zero-order valence-electron chi connectivity index (χ0n) is 12.1. The molecule has 0 spiro atoms. The first-order valence-electron chi connectivity index (χ1n) is 7.15. The lowest BCUT2D eigenvalue weighted by atomic mass is 10.3. The number of hydrogen-bond acceptors (Lipinski definition) is 6. The number of methoxy groups -OCH3 is 1. The van der Waals surface area contributed by atoms with Crippen molar-refractivity contribution in [3.63, 3.8) is 0 Å². The fourth-order valence-corrected chi connectivity index (χ4v) is 2.39. The lowest BCUT2D eigenvalue weighted by molar-refractivity contribution is 0.397. The molecule has 2 aromatic rings. The van der Waals surface area contributed by atoms with E-state index in [1.54, 1.807) is 19.6 Å². The fourth-order valence-electron chi connectivity index (χ4n) is 2.39. The normalized spacial score (nSPS) is 14.2. The summed E-state index contributed by atoms with van der Waals surface area (Å²) in [4.78, 5) is 15.1. The Labute approximate surface area is 124 Å². The number of rotatable bonds is 5. The van der Waals surface area contributed by atoms with Gasteiger partial charge < -0.3 is 15.0 Å². The zero-order valence-corrected chi connectivity index (χ0v) is 12.1. The molecule has 0 atom stereocenters. The molecule has 1 saturated heterocycles. The van der Waals surface area contributed by atoms with Crippen molar-refractivity contribution >= 4 is 11.6 Å². The highest BCUT2D eigenvalue weighted by molar-refractivity contribution is 5.49. The molecule has 0 aliphatic carbocycles. The highest BCUT2D eigenvalue weighted by Gasteiger charge is 2.13. The van der Waals surface area contributed by atoms with E-state index in [0.29, 0.717) is 12.4 Å². The van der Waals surface area contributed by atoms with Crippen LogP contribution in [0.5, 0.6) is 5.88 Å². The summed E-state index contributed by atoms with van der Waals surface area (Å²) in [5.41, 5.74) is 1.08. The Kier molecular flexibility index (Phi) is 4.14. The Morgan fingerprint density at radius 2 is 2.05 bits per heavy atom. The van der Waals surface area contributed by atoms with Crippen LogP contribution in [0.2, 0.25) is 0 Å². The topological polar surface area (TPSA) is 63.2 Å². The number of pyridine rings is 1. The van der Waals surface area contributed by atoms with Crippen molar-refractivity contribution in [1.29, 1.82) is 0 Å². The third-order valence-corrected chi connectivity index (χ3v) is 3.56. The molecule has 0 unspecified atom stereocenters. The predicted molar refractivity (Wildman–Crippen MR) is 81.6 cm³/mol. The van der Waals surface area contributed by atoms with Gasteiger partial charge >= 0.3 is 0 Å². The first kappa shape index (κ1) is 13.6. The third kappa shape index (κ3) is 3.39. The Bertz CT molecular complexity index is 581. The van der Waals surface area contributed by atoms with Gasteiger partial charge in [0, 0.05) is 38.0 Å². The molecular weight excluding hydrogens is 266 g/mol. The van der Waals surface area contributed by atoms with Crippen LogP contribution >= 0.6 is 0 Å². The molecule has 1 fully saturated rings. The summed E-state index contributed by atoms with van der Waals surface area (Å²) in [6.07, 6.45) is 5.89. The molecule has 1 N–H and O–H groups in total. The monoisotopic (exact) mass is 285 g/mol. The molecule has 0 aromatic carbocycles. The molecule has 6 heteroatoms. The molecular formula is C15H19N5O. The Balaban J connectivity index is 1.62. The average molecular weight is 285 g/mol. The maximum absolute atomic E-state index is 5.05. The smallest absolute Gasteiger partial charge is 0.212 e. The molecule has 0 radical (unpaired) electrons. The van der Waals surface area contributed by atoms with Gasteiger partial charge in [0.1, 0.15) is 18.0 Å². The van der Waals surface area contributed by atoms with E-state index in [9.17, 15) is 0 Å². The number of aromatic nitrogens is 3. The first-order chi connectivity index (χ1) is 10.3. The van der Waals surface area contributed by atoms with Crippen molar-refractivity contribution in [3.05, 3.63) is 36.3 Å². The SMILES string of the molecule is COc1ccc(CNc2cc(N3CCCC3)ncn2)cn1. The average Bonchev–Trinajstić information content (AvgIpc) is 3.08. The molecule has 21 heavy (non-hydrogen) atoms. The highest BCUT2D eigenvalue weighted by Crippen LogP contribution is 2.19. The first-order valence-corrected chi connectivity index (χ1v) is 7.15. The summed E-state index contributed by atoms with van der Waals surface area (Å²) in [6, 6.07) is 5.84. The number of ether oxygens (including phenoxy) is 1. The quantitative estimate of drug-likeness (QED) is 0.907. The molecule has 6 nitrogen and oxygen atoms in total. The summed E-state index contributed by atoms with van der Waals surface area (Å²) >= 11 is 0. The molecule has 0 saturated carbocycles. The van der Waals surface area contributed by atoms with E-state index < -0.39 is 0 Å². The number of anilines is 2. The minimum Gasteiger partial charge on any atom is -0.481 e. The molecule has 110 valence electrons. The lowest BCUT2D eigenvalue weighted by Crippen LogP contribution is -2.19. The van der Waals surface area contributed by atoms with Gasteiger partial charge in [-0.2, -0.15) is 0 Å². The van der Waals surface area contributed by atoms with Gasteiger partial charge in [-0.3, -0.25) is 0 Å². The maximum atomic E-state index is 5.05. The van der Waals surface area contributed by atoms with E-state index in [-0.39, 0.29) is 0 Å². The Hall–Kier alpha value is -2.37. The molecule has 0 amide bonds. The van der Waals surface area contributed by atoms with Gasteiger partial charge in [0.25, 0.3) is 0 Å². The summed E-state index contributed by atoms with van der Waals surface area (Å²) in [5.74, 6) is 2.46. The summed E-state index contributed by atoms with van der Waals surface area (Å²) in [5, 5.41) is 3.30. The summed E-state index contributed by atoms with van der Waals surface area (Å²) in [7, 11) is 1.61. The molecule has 0 bridgehead atoms. The number of hydrogen-bond donors (Lipinski definition) is 1. The second-order valence-electron chi connectivity index (χ2n) is 5.02. The van der Waals surface area contributed by atoms with E-state index in [1.807, 2.05) is 18.2 Å². The minimum atomic E-state index is 0.622. The maximum Gasteiger partial charge on any atom is 0.212 e. The molecule has 1 aliphatic heterocycles. The summed E-state index contributed by atoms with van der Waals surface area (Å²) < 4.78 is 5.05. The number of nitrogens with zero attached hydrogens (tertiary/aromatic N) is 4. The van der Waals surface area contributed by atoms with E-state index in [4.69, 9.17) is 4.74 Å². The van der Waals surface area contributed by atoms with E-state index >= 15 is 0 Å². The van der Waals surface area contributed by atoms with E-state index in [1.165, 1.54) is 12.8 Å². The van der Waals surface area contributed by atoms with Crippen LogP contribution in [0, 0.1) is 0 Å². The van der Waals surface area contributed by atoms with Gasteiger partial charge in [-0.25, -0.2) is 15.0 Å². The third-order valence-electron chi connectivity index (χ3n) is 3.56. The molecule has 1 aliphatic rings. The Morgan fingerprint density at radius 3 is 2.76 bits per heavy atom. The van der Waals surface area contributed by atoms with Crippen molar-refractivity contribution in [2.45, 2.75) is 19.4 Å². The van der Waals surface area contributed by atoms with Crippen LogP contribution in [0.3, 0.4) is 0 Å².